The highest BCUT2D eigenvalue weighted by Gasteiger charge is 2.29. The summed E-state index contributed by atoms with van der Waals surface area (Å²) in [5.41, 5.74) is 3.98. The number of ketones is 1. The van der Waals surface area contributed by atoms with Crippen LogP contribution in [0, 0.1) is 11.3 Å². The molecule has 2 aliphatic heterocycles. The fraction of sp³-hybridized carbons (Fsp3) is 0.375. The third kappa shape index (κ3) is 4.22. The van der Waals surface area contributed by atoms with Crippen LogP contribution < -0.4 is 15.5 Å². The van der Waals surface area contributed by atoms with Crippen molar-refractivity contribution in [1.82, 2.24) is 10.6 Å². The Morgan fingerprint density at radius 3 is 2.73 bits per heavy atom. The van der Waals surface area contributed by atoms with E-state index in [4.69, 9.17) is 0 Å². The Bertz CT molecular complexity index is 1000. The Morgan fingerprint density at radius 2 is 2.00 bits per heavy atom. The number of Topliss-reactive ketones (excluding diaryl/α,β-unsaturated/α-hetero) is 1. The number of anilines is 1. The van der Waals surface area contributed by atoms with Crippen molar-refractivity contribution in [3.63, 3.8) is 0 Å². The molecule has 0 saturated carbocycles. The van der Waals surface area contributed by atoms with Crippen molar-refractivity contribution < 1.29 is 9.59 Å². The van der Waals surface area contributed by atoms with Gasteiger partial charge in [0.2, 0.25) is 5.91 Å². The van der Waals surface area contributed by atoms with E-state index in [9.17, 15) is 14.9 Å². The topological polar surface area (TPSA) is 85.2 Å². The van der Waals surface area contributed by atoms with Crippen LogP contribution in [0.3, 0.4) is 0 Å². The van der Waals surface area contributed by atoms with E-state index in [1.165, 1.54) is 0 Å². The van der Waals surface area contributed by atoms with Gasteiger partial charge in [0.1, 0.15) is 6.07 Å². The van der Waals surface area contributed by atoms with Gasteiger partial charge < -0.3 is 15.5 Å². The summed E-state index contributed by atoms with van der Waals surface area (Å²) in [6.07, 6.45) is 2.81. The minimum atomic E-state index is -0.0706. The zero-order valence-electron chi connectivity index (χ0n) is 17.1. The Hall–Kier alpha value is -3.17. The molecule has 2 heterocycles. The van der Waals surface area contributed by atoms with Gasteiger partial charge in [-0.1, -0.05) is 24.3 Å². The number of hydrogen-bond acceptors (Lipinski definition) is 5. The molecule has 0 aliphatic carbocycles. The first-order valence-corrected chi connectivity index (χ1v) is 10.5. The van der Waals surface area contributed by atoms with Gasteiger partial charge in [-0.25, -0.2) is 0 Å². The maximum absolute atomic E-state index is 12.4. The van der Waals surface area contributed by atoms with Crippen molar-refractivity contribution >= 4 is 17.4 Å². The predicted octanol–water partition coefficient (Wildman–Crippen LogP) is 2.87. The molecule has 2 aromatic carbocycles. The highest BCUT2D eigenvalue weighted by atomic mass is 16.2. The first kappa shape index (κ1) is 20.1. The lowest BCUT2D eigenvalue weighted by atomic mass is 9.99. The second-order valence-electron chi connectivity index (χ2n) is 8.07. The second kappa shape index (κ2) is 8.68. The molecule has 2 atom stereocenters. The summed E-state index contributed by atoms with van der Waals surface area (Å²) in [6, 6.07) is 15.6. The lowest BCUT2D eigenvalue weighted by molar-refractivity contribution is -0.123. The van der Waals surface area contributed by atoms with Gasteiger partial charge in [0.25, 0.3) is 0 Å². The smallest absolute Gasteiger partial charge is 0.237 e. The number of nitriles is 1. The monoisotopic (exact) mass is 402 g/mol. The van der Waals surface area contributed by atoms with Gasteiger partial charge in [-0.2, -0.15) is 5.26 Å². The molecule has 0 aromatic heterocycles. The molecule has 6 nitrogen and oxygen atoms in total. The van der Waals surface area contributed by atoms with Gasteiger partial charge in [0, 0.05) is 24.7 Å². The molecule has 6 heteroatoms. The average molecular weight is 402 g/mol. The Labute approximate surface area is 176 Å². The molecule has 0 unspecified atom stereocenters. The summed E-state index contributed by atoms with van der Waals surface area (Å²) in [5.74, 6) is 0.104. The molecule has 0 radical (unpaired) electrons. The Kier molecular flexibility index (Phi) is 5.82. The molecular weight excluding hydrogens is 376 g/mol. The van der Waals surface area contributed by atoms with Crippen LogP contribution in [0.4, 0.5) is 5.69 Å². The number of benzene rings is 2. The van der Waals surface area contributed by atoms with Gasteiger partial charge in [-0.15, -0.1) is 0 Å². The van der Waals surface area contributed by atoms with Crippen LogP contribution >= 0.6 is 0 Å². The van der Waals surface area contributed by atoms with E-state index in [-0.39, 0.29) is 23.8 Å². The van der Waals surface area contributed by atoms with E-state index in [1.54, 1.807) is 13.0 Å². The maximum atomic E-state index is 12.4. The number of amides is 1. The zero-order valence-corrected chi connectivity index (χ0v) is 17.1. The van der Waals surface area contributed by atoms with Crippen molar-refractivity contribution in [2.24, 2.45) is 0 Å². The van der Waals surface area contributed by atoms with Crippen LogP contribution in [-0.4, -0.2) is 43.4 Å². The summed E-state index contributed by atoms with van der Waals surface area (Å²) in [7, 11) is 0. The maximum Gasteiger partial charge on any atom is 0.237 e. The summed E-state index contributed by atoms with van der Waals surface area (Å²) >= 11 is 0. The molecule has 0 bridgehead atoms. The number of hydrogen-bond donors (Lipinski definition) is 2. The second-order valence-corrected chi connectivity index (χ2v) is 8.07. The fourth-order valence-corrected chi connectivity index (χ4v) is 4.31. The van der Waals surface area contributed by atoms with E-state index in [0.29, 0.717) is 17.7 Å². The van der Waals surface area contributed by atoms with Crippen LogP contribution in [0.15, 0.2) is 42.5 Å². The van der Waals surface area contributed by atoms with E-state index in [2.05, 4.69) is 21.6 Å². The van der Waals surface area contributed by atoms with Crippen molar-refractivity contribution in [2.75, 3.05) is 24.5 Å². The van der Waals surface area contributed by atoms with Crippen LogP contribution in [0.5, 0.6) is 0 Å². The number of rotatable bonds is 5. The molecule has 154 valence electrons. The van der Waals surface area contributed by atoms with Gasteiger partial charge in [-0.3, -0.25) is 9.59 Å². The molecule has 0 spiro atoms. The molecule has 2 aliphatic rings. The Morgan fingerprint density at radius 1 is 1.17 bits per heavy atom. The number of carbonyl (C=O) groups excluding carboxylic acids is 2. The minimum absolute atomic E-state index is 0.0203. The zero-order chi connectivity index (χ0) is 21.1. The van der Waals surface area contributed by atoms with Gasteiger partial charge >= 0.3 is 0 Å². The van der Waals surface area contributed by atoms with Crippen molar-refractivity contribution in [1.29, 1.82) is 5.26 Å². The van der Waals surface area contributed by atoms with Crippen molar-refractivity contribution in [3.05, 3.63) is 53.6 Å². The average Bonchev–Trinajstić information content (AvgIpc) is 3.46. The highest BCUT2D eigenvalue weighted by Crippen LogP contribution is 2.30. The normalized spacial score (nSPS) is 20.7. The quantitative estimate of drug-likeness (QED) is 0.751. The minimum Gasteiger partial charge on any atom is -0.368 e. The van der Waals surface area contributed by atoms with Crippen LogP contribution in [0.2, 0.25) is 0 Å². The van der Waals surface area contributed by atoms with Crippen LogP contribution in [0.25, 0.3) is 11.1 Å². The number of carbonyl (C=O) groups is 2. The summed E-state index contributed by atoms with van der Waals surface area (Å²) < 4.78 is 0. The first-order chi connectivity index (χ1) is 14.5. The molecule has 2 fully saturated rings. The van der Waals surface area contributed by atoms with Gasteiger partial charge in [0.15, 0.2) is 5.78 Å². The summed E-state index contributed by atoms with van der Waals surface area (Å²) in [6.45, 7) is 3.96. The van der Waals surface area contributed by atoms with E-state index >= 15 is 0 Å². The molecule has 2 saturated heterocycles. The fourth-order valence-electron chi connectivity index (χ4n) is 4.31. The lowest BCUT2D eigenvalue weighted by Crippen LogP contribution is -2.46. The van der Waals surface area contributed by atoms with E-state index in [1.807, 2.05) is 36.4 Å². The van der Waals surface area contributed by atoms with Gasteiger partial charge in [0.05, 0.1) is 17.3 Å². The van der Waals surface area contributed by atoms with E-state index in [0.717, 1.165) is 49.2 Å². The molecule has 2 aromatic rings. The highest BCUT2D eigenvalue weighted by molar-refractivity contribution is 5.95. The number of nitrogens with one attached hydrogen (secondary N) is 2. The van der Waals surface area contributed by atoms with Crippen LogP contribution in [0.1, 0.15) is 42.1 Å². The third-order valence-electron chi connectivity index (χ3n) is 5.97. The van der Waals surface area contributed by atoms with Gasteiger partial charge in [-0.05, 0) is 62.1 Å². The SMILES string of the molecule is CC(=O)c1cccc(-c2ccc(N3CC[C@H](NC(=O)[C@@H]4CCCN4)C3)c(C#N)c2)c1. The third-order valence-corrected chi connectivity index (χ3v) is 5.97. The standard InChI is InChI=1S/C24H26N4O2/c1-16(29)17-4-2-5-18(12-17)19-7-8-23(20(13-19)14-25)28-11-9-21(15-28)27-24(30)22-6-3-10-26-22/h2,4-5,7-8,12-13,21-22,26H,3,6,9-11,15H2,1H3,(H,27,30)/t21-,22-/m0/s1. The molecule has 2 N–H and O–H groups in total. The summed E-state index contributed by atoms with van der Waals surface area (Å²) in [4.78, 5) is 26.2. The van der Waals surface area contributed by atoms with Crippen molar-refractivity contribution in [2.45, 2.75) is 38.3 Å². The predicted molar refractivity (Wildman–Crippen MR) is 116 cm³/mol. The van der Waals surface area contributed by atoms with Crippen LogP contribution in [-0.2, 0) is 4.79 Å². The molecule has 1 amide bonds. The first-order valence-electron chi connectivity index (χ1n) is 10.5. The Balaban J connectivity index is 1.48. The molecule has 30 heavy (non-hydrogen) atoms. The molecular formula is C24H26N4O2. The largest absolute Gasteiger partial charge is 0.368 e. The summed E-state index contributed by atoms with van der Waals surface area (Å²) in [5, 5.41) is 16.1. The number of nitrogens with zero attached hydrogens (tertiary/aromatic N) is 2. The van der Waals surface area contributed by atoms with E-state index < -0.39 is 0 Å². The lowest BCUT2D eigenvalue weighted by Gasteiger charge is -2.21. The molecule has 4 rings (SSSR count). The van der Waals surface area contributed by atoms with Crippen molar-refractivity contribution in [3.8, 4) is 17.2 Å².